The Morgan fingerprint density at radius 2 is 1.62 bits per heavy atom. The number of benzene rings is 2. The van der Waals surface area contributed by atoms with E-state index in [-0.39, 0.29) is 0 Å². The molecule has 0 heterocycles. The van der Waals surface area contributed by atoms with Gasteiger partial charge in [-0.1, -0.05) is 48.0 Å². The molecule has 3 heteroatoms. The second kappa shape index (κ2) is 6.50. The maximum atomic E-state index is 6.30. The molecule has 0 unspecified atom stereocenters. The third-order valence-electron chi connectivity index (χ3n) is 3.96. The minimum atomic E-state index is 0.672. The number of nitrogens with zero attached hydrogens (tertiary/aromatic N) is 1. The fraction of sp³-hybridized carbons (Fsp3) is 0.333. The van der Waals surface area contributed by atoms with Gasteiger partial charge in [-0.25, -0.2) is 0 Å². The molecule has 0 aliphatic heterocycles. The van der Waals surface area contributed by atoms with Crippen molar-refractivity contribution in [3.63, 3.8) is 0 Å². The zero-order chi connectivity index (χ0) is 14.7. The maximum Gasteiger partial charge on any atom is 0.123 e. The van der Waals surface area contributed by atoms with Crippen LogP contribution in [-0.2, 0) is 13.1 Å². The zero-order valence-electron chi connectivity index (χ0n) is 12.3. The second-order valence-corrected chi connectivity index (χ2v) is 5.95. The smallest absolute Gasteiger partial charge is 0.123 e. The quantitative estimate of drug-likeness (QED) is 0.778. The fourth-order valence-electron chi connectivity index (χ4n) is 2.65. The van der Waals surface area contributed by atoms with Gasteiger partial charge in [-0.3, -0.25) is 4.90 Å². The molecular weight excluding hydrogens is 282 g/mol. The average molecular weight is 302 g/mol. The van der Waals surface area contributed by atoms with Gasteiger partial charge >= 0.3 is 0 Å². The number of para-hydroxylation sites is 1. The third kappa shape index (κ3) is 3.58. The molecule has 0 N–H and O–H groups in total. The summed E-state index contributed by atoms with van der Waals surface area (Å²) in [6, 6.07) is 17.0. The van der Waals surface area contributed by atoms with E-state index in [2.05, 4.69) is 29.2 Å². The Kier molecular flexibility index (Phi) is 4.47. The summed E-state index contributed by atoms with van der Waals surface area (Å²) < 4.78 is 5.47. The van der Waals surface area contributed by atoms with Gasteiger partial charge in [0.25, 0.3) is 0 Å². The minimum absolute atomic E-state index is 0.672. The summed E-state index contributed by atoms with van der Waals surface area (Å²) in [6.45, 7) is 1.79. The Morgan fingerprint density at radius 1 is 1.00 bits per heavy atom. The third-order valence-corrected chi connectivity index (χ3v) is 4.33. The summed E-state index contributed by atoms with van der Waals surface area (Å²) in [6.07, 6.45) is 2.55. The van der Waals surface area contributed by atoms with Crippen molar-refractivity contribution in [3.8, 4) is 5.75 Å². The highest BCUT2D eigenvalue weighted by Gasteiger charge is 2.29. The predicted octanol–water partition coefficient (Wildman–Crippen LogP) is 4.51. The van der Waals surface area contributed by atoms with Gasteiger partial charge in [0.2, 0.25) is 0 Å². The van der Waals surface area contributed by atoms with Gasteiger partial charge in [-0.05, 0) is 30.5 Å². The minimum Gasteiger partial charge on any atom is -0.496 e. The summed E-state index contributed by atoms with van der Waals surface area (Å²) in [4.78, 5) is 2.50. The van der Waals surface area contributed by atoms with Crippen molar-refractivity contribution < 1.29 is 4.74 Å². The van der Waals surface area contributed by atoms with Gasteiger partial charge in [0.05, 0.1) is 7.11 Å². The van der Waals surface area contributed by atoms with E-state index in [9.17, 15) is 0 Å². The largest absolute Gasteiger partial charge is 0.496 e. The summed E-state index contributed by atoms with van der Waals surface area (Å²) in [7, 11) is 1.73. The van der Waals surface area contributed by atoms with Crippen molar-refractivity contribution >= 4 is 11.6 Å². The Balaban J connectivity index is 1.78. The van der Waals surface area contributed by atoms with Crippen LogP contribution in [0.1, 0.15) is 24.0 Å². The lowest BCUT2D eigenvalue weighted by Gasteiger charge is -2.23. The van der Waals surface area contributed by atoms with Gasteiger partial charge in [0, 0.05) is 29.7 Å². The molecular formula is C18H20ClNO. The number of halogens is 1. The second-order valence-electron chi connectivity index (χ2n) is 5.54. The van der Waals surface area contributed by atoms with Crippen molar-refractivity contribution in [2.75, 3.05) is 7.11 Å². The molecule has 110 valence electrons. The summed E-state index contributed by atoms with van der Waals surface area (Å²) in [5.41, 5.74) is 2.43. The molecule has 0 radical (unpaired) electrons. The topological polar surface area (TPSA) is 12.5 Å². The average Bonchev–Trinajstić information content (AvgIpc) is 3.34. The van der Waals surface area contributed by atoms with Crippen molar-refractivity contribution in [1.82, 2.24) is 4.90 Å². The van der Waals surface area contributed by atoms with Crippen LogP contribution in [-0.4, -0.2) is 18.1 Å². The highest BCUT2D eigenvalue weighted by atomic mass is 35.5. The lowest BCUT2D eigenvalue weighted by molar-refractivity contribution is 0.242. The van der Waals surface area contributed by atoms with E-state index in [1.807, 2.05) is 24.3 Å². The molecule has 21 heavy (non-hydrogen) atoms. The SMILES string of the molecule is COc1ccccc1CN(Cc1ccccc1Cl)C1CC1. The van der Waals surface area contributed by atoms with Crippen LogP contribution < -0.4 is 4.74 Å². The summed E-state index contributed by atoms with van der Waals surface area (Å²) in [5, 5.41) is 0.850. The van der Waals surface area contributed by atoms with Gasteiger partial charge in [0.1, 0.15) is 5.75 Å². The van der Waals surface area contributed by atoms with Crippen LogP contribution in [0.5, 0.6) is 5.75 Å². The van der Waals surface area contributed by atoms with Gasteiger partial charge in [-0.15, -0.1) is 0 Å². The predicted molar refractivity (Wildman–Crippen MR) is 86.7 cm³/mol. The van der Waals surface area contributed by atoms with E-state index in [0.29, 0.717) is 6.04 Å². The van der Waals surface area contributed by atoms with Crippen LogP contribution in [0, 0.1) is 0 Å². The van der Waals surface area contributed by atoms with Gasteiger partial charge in [-0.2, -0.15) is 0 Å². The lowest BCUT2D eigenvalue weighted by atomic mass is 10.1. The van der Waals surface area contributed by atoms with Crippen LogP contribution in [0.3, 0.4) is 0 Å². The summed E-state index contributed by atoms with van der Waals surface area (Å²) >= 11 is 6.30. The van der Waals surface area contributed by atoms with E-state index in [0.717, 1.165) is 23.9 Å². The molecule has 2 nitrogen and oxygen atoms in total. The molecule has 1 aliphatic carbocycles. The van der Waals surface area contributed by atoms with Crippen molar-refractivity contribution in [2.24, 2.45) is 0 Å². The first-order valence-electron chi connectivity index (χ1n) is 7.37. The van der Waals surface area contributed by atoms with Crippen LogP contribution in [0.25, 0.3) is 0 Å². The van der Waals surface area contributed by atoms with Crippen molar-refractivity contribution in [2.45, 2.75) is 32.0 Å². The first-order valence-corrected chi connectivity index (χ1v) is 7.75. The van der Waals surface area contributed by atoms with E-state index in [1.54, 1.807) is 7.11 Å². The number of rotatable bonds is 6. The molecule has 2 aromatic carbocycles. The molecule has 0 bridgehead atoms. The molecule has 0 atom stereocenters. The normalized spacial score (nSPS) is 14.4. The van der Waals surface area contributed by atoms with Crippen LogP contribution >= 0.6 is 11.6 Å². The van der Waals surface area contributed by atoms with Gasteiger partial charge in [0.15, 0.2) is 0 Å². The molecule has 1 aliphatic rings. The van der Waals surface area contributed by atoms with Crippen LogP contribution in [0.15, 0.2) is 48.5 Å². The van der Waals surface area contributed by atoms with E-state index < -0.39 is 0 Å². The first kappa shape index (κ1) is 14.4. The van der Waals surface area contributed by atoms with Gasteiger partial charge < -0.3 is 4.74 Å². The highest BCUT2D eigenvalue weighted by Crippen LogP contribution is 2.32. The Labute approximate surface area is 131 Å². The molecule has 1 saturated carbocycles. The summed E-state index contributed by atoms with van der Waals surface area (Å²) in [5.74, 6) is 0.960. The molecule has 0 saturated heterocycles. The van der Waals surface area contributed by atoms with Crippen molar-refractivity contribution in [3.05, 3.63) is 64.7 Å². The molecule has 0 amide bonds. The molecule has 1 fully saturated rings. The zero-order valence-corrected chi connectivity index (χ0v) is 13.0. The fourth-order valence-corrected chi connectivity index (χ4v) is 2.85. The Bertz CT molecular complexity index is 610. The number of methoxy groups -OCH3 is 1. The number of hydrogen-bond donors (Lipinski definition) is 0. The monoisotopic (exact) mass is 301 g/mol. The highest BCUT2D eigenvalue weighted by molar-refractivity contribution is 6.31. The van der Waals surface area contributed by atoms with Crippen LogP contribution in [0.2, 0.25) is 5.02 Å². The number of hydrogen-bond acceptors (Lipinski definition) is 2. The molecule has 0 spiro atoms. The Morgan fingerprint density at radius 3 is 2.29 bits per heavy atom. The Hall–Kier alpha value is -1.51. The first-order chi connectivity index (χ1) is 10.3. The molecule has 0 aromatic heterocycles. The molecule has 3 rings (SSSR count). The van der Waals surface area contributed by atoms with Crippen LogP contribution in [0.4, 0.5) is 0 Å². The van der Waals surface area contributed by atoms with E-state index in [1.165, 1.54) is 24.0 Å². The number of ether oxygens (including phenoxy) is 1. The lowest BCUT2D eigenvalue weighted by Crippen LogP contribution is -2.25. The van der Waals surface area contributed by atoms with Crippen molar-refractivity contribution in [1.29, 1.82) is 0 Å². The molecule has 2 aromatic rings. The standard InChI is InChI=1S/C18H20ClNO/c1-21-18-9-5-3-7-15(18)13-20(16-10-11-16)12-14-6-2-4-8-17(14)19/h2-9,16H,10-13H2,1H3. The van der Waals surface area contributed by atoms with E-state index in [4.69, 9.17) is 16.3 Å². The van der Waals surface area contributed by atoms with E-state index >= 15 is 0 Å². The maximum absolute atomic E-state index is 6.30.